The average Bonchev–Trinajstić information content (AvgIpc) is 1.97. The number of carbonyl (C=O) groups is 1. The van der Waals surface area contributed by atoms with Crippen molar-refractivity contribution in [3.63, 3.8) is 0 Å². The van der Waals surface area contributed by atoms with Crippen LogP contribution in [0.15, 0.2) is 24.4 Å². The summed E-state index contributed by atoms with van der Waals surface area (Å²) in [5.74, 6) is -0.349. The first-order valence-corrected chi connectivity index (χ1v) is 3.69. The Labute approximate surface area is 73.3 Å². The van der Waals surface area contributed by atoms with Gasteiger partial charge in [0.1, 0.15) is 6.61 Å². The second kappa shape index (κ2) is 5.41. The lowest BCUT2D eigenvalue weighted by atomic mass is 10.4. The summed E-state index contributed by atoms with van der Waals surface area (Å²) in [5.41, 5.74) is 0.424. The van der Waals surface area contributed by atoms with Crippen LogP contribution in [0.1, 0.15) is 6.92 Å². The molecular formula is C9H15NO2. The van der Waals surface area contributed by atoms with Gasteiger partial charge in [0, 0.05) is 19.7 Å². The highest BCUT2D eigenvalue weighted by Crippen LogP contribution is 1.91. The van der Waals surface area contributed by atoms with Crippen molar-refractivity contribution in [3.8, 4) is 0 Å². The minimum absolute atomic E-state index is 0.296. The van der Waals surface area contributed by atoms with Crippen LogP contribution < -0.4 is 0 Å². The molecule has 0 aliphatic rings. The molecule has 0 aliphatic heterocycles. The fraction of sp³-hybridized carbons (Fsp3) is 0.444. The van der Waals surface area contributed by atoms with Crippen molar-refractivity contribution < 1.29 is 9.53 Å². The van der Waals surface area contributed by atoms with E-state index in [0.717, 1.165) is 0 Å². The summed E-state index contributed by atoms with van der Waals surface area (Å²) in [6, 6.07) is 0. The lowest BCUT2D eigenvalue weighted by Gasteiger charge is -2.03. The molecular weight excluding hydrogens is 154 g/mol. The molecule has 0 aromatic carbocycles. The van der Waals surface area contributed by atoms with Crippen LogP contribution in [0.4, 0.5) is 0 Å². The molecule has 0 bridgehead atoms. The van der Waals surface area contributed by atoms with E-state index in [-0.39, 0.29) is 5.97 Å². The summed E-state index contributed by atoms with van der Waals surface area (Å²) in [7, 11) is 3.80. The van der Waals surface area contributed by atoms with Crippen molar-refractivity contribution in [1.29, 1.82) is 0 Å². The summed E-state index contributed by atoms with van der Waals surface area (Å²) in [5, 5.41) is 0. The zero-order valence-electron chi connectivity index (χ0n) is 7.83. The summed E-state index contributed by atoms with van der Waals surface area (Å²) >= 11 is 0. The van der Waals surface area contributed by atoms with Crippen LogP contribution in [-0.4, -0.2) is 31.6 Å². The van der Waals surface area contributed by atoms with E-state index in [9.17, 15) is 4.79 Å². The van der Waals surface area contributed by atoms with Crippen LogP contribution in [-0.2, 0) is 9.53 Å². The second-order valence-electron chi connectivity index (χ2n) is 2.73. The monoisotopic (exact) mass is 169 g/mol. The molecule has 12 heavy (non-hydrogen) atoms. The van der Waals surface area contributed by atoms with Gasteiger partial charge in [-0.05, 0) is 19.2 Å². The molecule has 0 spiro atoms. The van der Waals surface area contributed by atoms with Crippen LogP contribution in [0.3, 0.4) is 0 Å². The van der Waals surface area contributed by atoms with Crippen molar-refractivity contribution in [1.82, 2.24) is 4.90 Å². The third-order valence-corrected chi connectivity index (χ3v) is 1.06. The molecule has 0 unspecified atom stereocenters. The van der Waals surface area contributed by atoms with Crippen molar-refractivity contribution in [2.24, 2.45) is 0 Å². The van der Waals surface area contributed by atoms with E-state index < -0.39 is 0 Å². The van der Waals surface area contributed by atoms with Crippen molar-refractivity contribution in [2.75, 3.05) is 20.7 Å². The molecule has 0 rings (SSSR count). The van der Waals surface area contributed by atoms with Crippen molar-refractivity contribution in [2.45, 2.75) is 6.92 Å². The molecule has 0 aromatic heterocycles. The molecule has 0 amide bonds. The summed E-state index contributed by atoms with van der Waals surface area (Å²) < 4.78 is 4.80. The number of hydrogen-bond acceptors (Lipinski definition) is 3. The first-order chi connectivity index (χ1) is 5.54. The molecule has 0 saturated carbocycles. The van der Waals surface area contributed by atoms with Gasteiger partial charge in [0.05, 0.1) is 0 Å². The molecule has 3 heteroatoms. The molecule has 3 nitrogen and oxygen atoms in total. The second-order valence-corrected chi connectivity index (χ2v) is 2.73. The number of nitrogens with zero attached hydrogens (tertiary/aromatic N) is 1. The molecule has 0 N–H and O–H groups in total. The number of ether oxygens (including phenoxy) is 1. The molecule has 0 heterocycles. The molecule has 0 radical (unpaired) electrons. The van der Waals surface area contributed by atoms with Crippen molar-refractivity contribution >= 4 is 5.97 Å². The Hall–Kier alpha value is -1.25. The topological polar surface area (TPSA) is 29.5 Å². The fourth-order valence-corrected chi connectivity index (χ4v) is 0.501. The van der Waals surface area contributed by atoms with Gasteiger partial charge in [0.2, 0.25) is 0 Å². The first kappa shape index (κ1) is 10.8. The molecule has 0 atom stereocenters. The van der Waals surface area contributed by atoms with Gasteiger partial charge in [-0.1, -0.05) is 6.58 Å². The first-order valence-electron chi connectivity index (χ1n) is 3.69. The fourth-order valence-electron chi connectivity index (χ4n) is 0.501. The standard InChI is InChI=1S/C9H15NO2/c1-8(2)9(11)12-7-5-6-10(3)4/h5-6H,1,7H2,2-4H3. The third-order valence-electron chi connectivity index (χ3n) is 1.06. The quantitative estimate of drug-likeness (QED) is 0.467. The summed E-state index contributed by atoms with van der Waals surface area (Å²) in [6.07, 6.45) is 3.59. The highest BCUT2D eigenvalue weighted by Gasteiger charge is 1.99. The third kappa shape index (κ3) is 5.53. The maximum absolute atomic E-state index is 10.8. The highest BCUT2D eigenvalue weighted by molar-refractivity contribution is 5.86. The maximum Gasteiger partial charge on any atom is 0.333 e. The summed E-state index contributed by atoms with van der Waals surface area (Å²) in [6.45, 7) is 5.38. The number of hydrogen-bond donors (Lipinski definition) is 0. The van der Waals surface area contributed by atoms with Gasteiger partial charge in [0.25, 0.3) is 0 Å². The van der Waals surface area contributed by atoms with Gasteiger partial charge in [-0.15, -0.1) is 0 Å². The zero-order valence-corrected chi connectivity index (χ0v) is 7.83. The van der Waals surface area contributed by atoms with Gasteiger partial charge in [-0.2, -0.15) is 0 Å². The predicted molar refractivity (Wildman–Crippen MR) is 48.6 cm³/mol. The van der Waals surface area contributed by atoms with Gasteiger partial charge in [-0.3, -0.25) is 0 Å². The maximum atomic E-state index is 10.8. The molecule has 68 valence electrons. The van der Waals surface area contributed by atoms with E-state index in [1.54, 1.807) is 13.0 Å². The Morgan fingerprint density at radius 3 is 2.58 bits per heavy atom. The SMILES string of the molecule is C=C(C)C(=O)OCC=CN(C)C. The Bertz CT molecular complexity index is 195. The number of carbonyl (C=O) groups excluding carboxylic acids is 1. The van der Waals surface area contributed by atoms with E-state index in [0.29, 0.717) is 12.2 Å². The summed E-state index contributed by atoms with van der Waals surface area (Å²) in [4.78, 5) is 12.7. The molecule has 0 saturated heterocycles. The highest BCUT2D eigenvalue weighted by atomic mass is 16.5. The average molecular weight is 169 g/mol. The molecule has 0 aliphatic carbocycles. The lowest BCUT2D eigenvalue weighted by Crippen LogP contribution is -2.06. The smallest absolute Gasteiger partial charge is 0.333 e. The lowest BCUT2D eigenvalue weighted by molar-refractivity contribution is -0.137. The zero-order chi connectivity index (χ0) is 9.56. The van der Waals surface area contributed by atoms with Gasteiger partial charge >= 0.3 is 5.97 Å². The van der Waals surface area contributed by atoms with Gasteiger partial charge in [0.15, 0.2) is 0 Å². The predicted octanol–water partition coefficient (Wildman–Crippen LogP) is 1.18. The van der Waals surface area contributed by atoms with Crippen LogP contribution >= 0.6 is 0 Å². The Morgan fingerprint density at radius 2 is 2.17 bits per heavy atom. The Kier molecular flexibility index (Phi) is 4.84. The van der Waals surface area contributed by atoms with Crippen LogP contribution in [0.5, 0.6) is 0 Å². The molecule has 0 fully saturated rings. The van der Waals surface area contributed by atoms with Crippen LogP contribution in [0.25, 0.3) is 0 Å². The van der Waals surface area contributed by atoms with Crippen LogP contribution in [0.2, 0.25) is 0 Å². The number of esters is 1. The van der Waals surface area contributed by atoms with E-state index in [1.807, 2.05) is 25.2 Å². The normalized spacial score (nSPS) is 9.92. The van der Waals surface area contributed by atoms with Crippen LogP contribution in [0, 0.1) is 0 Å². The minimum Gasteiger partial charge on any atom is -0.458 e. The largest absolute Gasteiger partial charge is 0.458 e. The van der Waals surface area contributed by atoms with E-state index >= 15 is 0 Å². The minimum atomic E-state index is -0.349. The van der Waals surface area contributed by atoms with Gasteiger partial charge in [-0.25, -0.2) is 4.79 Å². The molecule has 0 aromatic rings. The Morgan fingerprint density at radius 1 is 1.58 bits per heavy atom. The van der Waals surface area contributed by atoms with E-state index in [4.69, 9.17) is 4.74 Å². The van der Waals surface area contributed by atoms with E-state index in [1.165, 1.54) is 0 Å². The van der Waals surface area contributed by atoms with E-state index in [2.05, 4.69) is 6.58 Å². The Balaban J connectivity index is 3.57. The van der Waals surface area contributed by atoms with Gasteiger partial charge < -0.3 is 9.64 Å². The number of rotatable bonds is 4. The van der Waals surface area contributed by atoms with Crippen molar-refractivity contribution in [3.05, 3.63) is 24.4 Å².